The Morgan fingerprint density at radius 2 is 2.06 bits per heavy atom. The minimum Gasteiger partial charge on any atom is -0.395 e. The van der Waals surface area contributed by atoms with E-state index < -0.39 is 5.41 Å². The second-order valence-corrected chi connectivity index (χ2v) is 5.10. The molecule has 18 heavy (non-hydrogen) atoms. The monoisotopic (exact) mass is 274 g/mol. The summed E-state index contributed by atoms with van der Waals surface area (Å²) < 4.78 is 4.99. The van der Waals surface area contributed by atoms with Gasteiger partial charge in [-0.25, -0.2) is 0 Å². The molecule has 1 saturated carbocycles. The maximum atomic E-state index is 12.6. The molecule has 1 aliphatic rings. The summed E-state index contributed by atoms with van der Waals surface area (Å²) in [4.78, 5) is 14.5. The molecule has 1 fully saturated rings. The number of carbonyl (C=O) groups excluding carboxylic acids is 1. The Morgan fingerprint density at radius 3 is 2.50 bits per heavy atom. The van der Waals surface area contributed by atoms with E-state index in [9.17, 15) is 4.79 Å². The number of carbonyl (C=O) groups is 1. The second kappa shape index (κ2) is 7.01. The van der Waals surface area contributed by atoms with Gasteiger partial charge >= 0.3 is 0 Å². The van der Waals surface area contributed by atoms with Crippen LogP contribution in [-0.2, 0) is 9.53 Å². The molecular weight excluding hydrogens is 252 g/mol. The number of rotatable bonds is 7. The van der Waals surface area contributed by atoms with Gasteiger partial charge in [-0.15, -0.1) is 0 Å². The number of hydrogen-bond acceptors (Lipinski definition) is 4. The molecule has 0 unspecified atom stereocenters. The van der Waals surface area contributed by atoms with E-state index in [0.717, 1.165) is 25.7 Å². The number of nitrogens with two attached hydrogens (primary N) is 1. The molecule has 1 aliphatic carbocycles. The first-order valence-corrected chi connectivity index (χ1v) is 6.68. The molecule has 6 heteroatoms. The van der Waals surface area contributed by atoms with Crippen molar-refractivity contribution in [2.45, 2.75) is 25.7 Å². The summed E-state index contributed by atoms with van der Waals surface area (Å²) in [6, 6.07) is 0. The van der Waals surface area contributed by atoms with Crippen LogP contribution >= 0.6 is 12.2 Å². The Morgan fingerprint density at radius 1 is 1.44 bits per heavy atom. The maximum absolute atomic E-state index is 12.6. The fourth-order valence-electron chi connectivity index (χ4n) is 2.48. The van der Waals surface area contributed by atoms with Crippen molar-refractivity contribution < 1.29 is 14.6 Å². The van der Waals surface area contributed by atoms with Crippen LogP contribution in [0.15, 0.2) is 0 Å². The normalized spacial score (nSPS) is 17.7. The molecule has 0 atom stereocenters. The van der Waals surface area contributed by atoms with Gasteiger partial charge in [-0.1, -0.05) is 25.1 Å². The lowest BCUT2D eigenvalue weighted by Gasteiger charge is -2.33. The number of amides is 1. The van der Waals surface area contributed by atoms with E-state index in [1.165, 1.54) is 0 Å². The van der Waals surface area contributed by atoms with E-state index in [1.807, 2.05) is 0 Å². The third-order valence-corrected chi connectivity index (χ3v) is 3.95. The van der Waals surface area contributed by atoms with Crippen molar-refractivity contribution in [2.75, 3.05) is 33.4 Å². The average Bonchev–Trinajstić information content (AvgIpc) is 2.84. The number of ether oxygens (including phenoxy) is 1. The summed E-state index contributed by atoms with van der Waals surface area (Å²) >= 11 is 5.10. The molecule has 0 spiro atoms. The van der Waals surface area contributed by atoms with Crippen molar-refractivity contribution in [3.63, 3.8) is 0 Å². The van der Waals surface area contributed by atoms with Crippen LogP contribution in [0.4, 0.5) is 0 Å². The van der Waals surface area contributed by atoms with E-state index in [2.05, 4.69) is 0 Å². The number of thiocarbonyl (C=S) groups is 1. The Balaban J connectivity index is 2.81. The summed E-state index contributed by atoms with van der Waals surface area (Å²) in [7, 11) is 1.58. The molecule has 0 aromatic heterocycles. The van der Waals surface area contributed by atoms with Crippen LogP contribution < -0.4 is 5.73 Å². The molecule has 0 saturated heterocycles. The zero-order valence-electron chi connectivity index (χ0n) is 10.9. The van der Waals surface area contributed by atoms with Gasteiger partial charge in [0.15, 0.2) is 0 Å². The lowest BCUT2D eigenvalue weighted by atomic mass is 9.84. The van der Waals surface area contributed by atoms with Gasteiger partial charge in [0, 0.05) is 20.2 Å². The van der Waals surface area contributed by atoms with Crippen molar-refractivity contribution in [2.24, 2.45) is 11.1 Å². The van der Waals surface area contributed by atoms with E-state index in [0.29, 0.717) is 19.7 Å². The molecule has 104 valence electrons. The van der Waals surface area contributed by atoms with E-state index >= 15 is 0 Å². The van der Waals surface area contributed by atoms with E-state index in [1.54, 1.807) is 12.0 Å². The van der Waals surface area contributed by atoms with Gasteiger partial charge in [-0.2, -0.15) is 0 Å². The predicted molar refractivity (Wildman–Crippen MR) is 73.2 cm³/mol. The summed E-state index contributed by atoms with van der Waals surface area (Å²) in [5.74, 6) is -0.0569. The van der Waals surface area contributed by atoms with Crippen LogP contribution in [0, 0.1) is 5.41 Å². The van der Waals surface area contributed by atoms with Crippen LogP contribution in [0.5, 0.6) is 0 Å². The SMILES string of the molecule is COCCN(CCO)C(=O)C1(C(N)=S)CCCC1. The number of hydrogen-bond donors (Lipinski definition) is 2. The molecule has 1 rings (SSSR count). The van der Waals surface area contributed by atoms with Crippen LogP contribution in [0.1, 0.15) is 25.7 Å². The minimum atomic E-state index is -0.696. The highest BCUT2D eigenvalue weighted by molar-refractivity contribution is 7.80. The Kier molecular flexibility index (Phi) is 5.98. The Bertz CT molecular complexity index is 304. The second-order valence-electron chi connectivity index (χ2n) is 4.66. The Hall–Kier alpha value is -0.720. The van der Waals surface area contributed by atoms with Gasteiger partial charge in [0.05, 0.1) is 23.6 Å². The molecule has 0 bridgehead atoms. The van der Waals surface area contributed by atoms with Crippen LogP contribution in [0.25, 0.3) is 0 Å². The van der Waals surface area contributed by atoms with Gasteiger partial charge < -0.3 is 20.5 Å². The molecule has 0 heterocycles. The molecule has 0 aromatic rings. The summed E-state index contributed by atoms with van der Waals surface area (Å²) in [5, 5.41) is 9.05. The van der Waals surface area contributed by atoms with Gasteiger partial charge in [-0.05, 0) is 12.8 Å². The van der Waals surface area contributed by atoms with Crippen molar-refractivity contribution in [1.29, 1.82) is 0 Å². The lowest BCUT2D eigenvalue weighted by molar-refractivity contribution is -0.139. The van der Waals surface area contributed by atoms with Crippen molar-refractivity contribution >= 4 is 23.1 Å². The zero-order valence-corrected chi connectivity index (χ0v) is 11.7. The minimum absolute atomic E-state index is 0.0569. The average molecular weight is 274 g/mol. The summed E-state index contributed by atoms with van der Waals surface area (Å²) in [6.45, 7) is 1.13. The molecule has 3 N–H and O–H groups in total. The van der Waals surface area contributed by atoms with Gasteiger partial charge in [0.2, 0.25) is 5.91 Å². The van der Waals surface area contributed by atoms with Crippen LogP contribution in [-0.4, -0.2) is 54.3 Å². The van der Waals surface area contributed by atoms with Gasteiger partial charge in [0.25, 0.3) is 0 Å². The maximum Gasteiger partial charge on any atom is 0.235 e. The van der Waals surface area contributed by atoms with Crippen molar-refractivity contribution in [3.05, 3.63) is 0 Å². The Labute approximate surface area is 113 Å². The quantitative estimate of drug-likeness (QED) is 0.653. The lowest BCUT2D eigenvalue weighted by Crippen LogP contribution is -2.50. The van der Waals surface area contributed by atoms with Gasteiger partial charge in [-0.3, -0.25) is 4.79 Å². The molecular formula is C12H22N2O3S. The zero-order chi connectivity index (χ0) is 13.6. The first-order chi connectivity index (χ1) is 8.58. The first kappa shape index (κ1) is 15.3. The number of methoxy groups -OCH3 is 1. The van der Waals surface area contributed by atoms with Crippen LogP contribution in [0.3, 0.4) is 0 Å². The third-order valence-electron chi connectivity index (χ3n) is 3.56. The fourth-order valence-corrected chi connectivity index (χ4v) is 2.78. The number of nitrogens with zero attached hydrogens (tertiary/aromatic N) is 1. The highest BCUT2D eigenvalue weighted by Gasteiger charge is 2.45. The smallest absolute Gasteiger partial charge is 0.235 e. The largest absolute Gasteiger partial charge is 0.395 e. The molecule has 0 aromatic carbocycles. The summed E-state index contributed by atoms with van der Waals surface area (Å²) in [6.07, 6.45) is 3.38. The summed E-state index contributed by atoms with van der Waals surface area (Å²) in [5.41, 5.74) is 5.09. The highest BCUT2D eigenvalue weighted by Crippen LogP contribution is 2.40. The van der Waals surface area contributed by atoms with Crippen molar-refractivity contribution in [1.82, 2.24) is 4.90 Å². The fraction of sp³-hybridized carbons (Fsp3) is 0.833. The predicted octanol–water partition coefficient (Wildman–Crippen LogP) is 0.300. The molecule has 0 aliphatic heterocycles. The molecule has 0 radical (unpaired) electrons. The number of aliphatic hydroxyl groups excluding tert-OH is 1. The highest BCUT2D eigenvalue weighted by atomic mass is 32.1. The number of aliphatic hydroxyl groups is 1. The van der Waals surface area contributed by atoms with Crippen molar-refractivity contribution in [3.8, 4) is 0 Å². The van der Waals surface area contributed by atoms with Gasteiger partial charge in [0.1, 0.15) is 0 Å². The molecule has 1 amide bonds. The van der Waals surface area contributed by atoms with Crippen LogP contribution in [0.2, 0.25) is 0 Å². The first-order valence-electron chi connectivity index (χ1n) is 6.27. The third kappa shape index (κ3) is 3.18. The van der Waals surface area contributed by atoms with E-state index in [4.69, 9.17) is 27.8 Å². The topological polar surface area (TPSA) is 75.8 Å². The standard InChI is InChI=1S/C12H22N2O3S/c1-17-9-7-14(6-8-15)11(16)12(10(13)18)4-2-3-5-12/h15H,2-9H2,1H3,(H2,13,18). The van der Waals surface area contributed by atoms with E-state index in [-0.39, 0.29) is 17.5 Å². The molecule has 5 nitrogen and oxygen atoms in total.